The summed E-state index contributed by atoms with van der Waals surface area (Å²) in [4.78, 5) is 6.22. The Labute approximate surface area is 144 Å². The molecule has 0 aliphatic carbocycles. The summed E-state index contributed by atoms with van der Waals surface area (Å²) < 4.78 is 2.36. The maximum Gasteiger partial charge on any atom is 0.204 e. The summed E-state index contributed by atoms with van der Waals surface area (Å²) in [6.45, 7) is 0. The molecule has 4 heteroatoms. The van der Waals surface area contributed by atoms with E-state index in [0.29, 0.717) is 12.1 Å². The van der Waals surface area contributed by atoms with E-state index in [4.69, 9.17) is 4.98 Å². The lowest BCUT2D eigenvalue weighted by Gasteiger charge is -2.33. The molecule has 0 radical (unpaired) electrons. The monoisotopic (exact) mass is 331 g/mol. The molecule has 0 saturated heterocycles. The highest BCUT2D eigenvalue weighted by Crippen LogP contribution is 2.41. The standard InChI is InChI=1S/C20H17N3S/c1-2-7-14(8-3-1)18-13-16(19-11-6-12-24-19)22-20-21-15-9-4-5-10-17(15)23(18)20/h1-12,16,18H,13H2,(H,21,22). The van der Waals surface area contributed by atoms with Crippen LogP contribution in [0.4, 0.5) is 5.95 Å². The van der Waals surface area contributed by atoms with E-state index in [1.807, 2.05) is 11.3 Å². The van der Waals surface area contributed by atoms with Crippen molar-refractivity contribution in [1.29, 1.82) is 0 Å². The number of rotatable bonds is 2. The van der Waals surface area contributed by atoms with Crippen molar-refractivity contribution in [3.8, 4) is 0 Å². The molecule has 0 fully saturated rings. The average Bonchev–Trinajstić information content (AvgIpc) is 3.29. The van der Waals surface area contributed by atoms with Crippen LogP contribution in [0.5, 0.6) is 0 Å². The number of nitrogens with zero attached hydrogens (tertiary/aromatic N) is 2. The molecule has 0 saturated carbocycles. The Morgan fingerprint density at radius 3 is 2.62 bits per heavy atom. The first kappa shape index (κ1) is 13.8. The highest BCUT2D eigenvalue weighted by Gasteiger charge is 2.31. The highest BCUT2D eigenvalue weighted by molar-refractivity contribution is 7.10. The number of fused-ring (bicyclic) bond motifs is 3. The van der Waals surface area contributed by atoms with Gasteiger partial charge in [-0.15, -0.1) is 11.3 Å². The molecule has 5 rings (SSSR count). The van der Waals surface area contributed by atoms with Gasteiger partial charge in [-0.25, -0.2) is 4.98 Å². The van der Waals surface area contributed by atoms with Crippen LogP contribution in [0.3, 0.4) is 0 Å². The predicted molar refractivity (Wildman–Crippen MR) is 99.6 cm³/mol. The third kappa shape index (κ3) is 2.14. The second-order valence-corrected chi connectivity index (χ2v) is 7.15. The lowest BCUT2D eigenvalue weighted by Crippen LogP contribution is -2.26. The third-order valence-corrected chi connectivity index (χ3v) is 5.73. The summed E-state index contributed by atoms with van der Waals surface area (Å²) in [5, 5.41) is 5.80. The van der Waals surface area contributed by atoms with Gasteiger partial charge in [0.05, 0.1) is 23.1 Å². The van der Waals surface area contributed by atoms with Crippen LogP contribution in [0.2, 0.25) is 0 Å². The number of imidazole rings is 1. The second kappa shape index (κ2) is 5.49. The van der Waals surface area contributed by atoms with Gasteiger partial charge in [-0.1, -0.05) is 48.5 Å². The molecule has 118 valence electrons. The topological polar surface area (TPSA) is 29.9 Å². The Morgan fingerprint density at radius 2 is 1.79 bits per heavy atom. The molecule has 1 aliphatic rings. The summed E-state index contributed by atoms with van der Waals surface area (Å²) in [5.41, 5.74) is 3.58. The van der Waals surface area contributed by atoms with Crippen LogP contribution in [0.1, 0.15) is 28.9 Å². The van der Waals surface area contributed by atoms with Gasteiger partial charge in [0.15, 0.2) is 0 Å². The summed E-state index contributed by atoms with van der Waals surface area (Å²) in [6.07, 6.45) is 1.03. The van der Waals surface area contributed by atoms with Crippen LogP contribution < -0.4 is 5.32 Å². The van der Waals surface area contributed by atoms with Crippen molar-refractivity contribution < 1.29 is 0 Å². The van der Waals surface area contributed by atoms with Crippen LogP contribution in [0.15, 0.2) is 72.1 Å². The first-order chi connectivity index (χ1) is 11.9. The molecule has 2 aromatic carbocycles. The third-order valence-electron chi connectivity index (χ3n) is 4.74. The number of aromatic nitrogens is 2. The Morgan fingerprint density at radius 1 is 0.958 bits per heavy atom. The Hall–Kier alpha value is -2.59. The number of hydrogen-bond donors (Lipinski definition) is 1. The minimum absolute atomic E-state index is 0.293. The average molecular weight is 331 g/mol. The summed E-state index contributed by atoms with van der Waals surface area (Å²) in [6, 6.07) is 24.1. The van der Waals surface area contributed by atoms with Gasteiger partial charge in [0.1, 0.15) is 0 Å². The first-order valence-corrected chi connectivity index (χ1v) is 9.10. The van der Waals surface area contributed by atoms with Crippen molar-refractivity contribution in [3.05, 3.63) is 82.6 Å². The van der Waals surface area contributed by atoms with Gasteiger partial charge >= 0.3 is 0 Å². The van der Waals surface area contributed by atoms with Gasteiger partial charge in [0.25, 0.3) is 0 Å². The minimum Gasteiger partial charge on any atom is -0.348 e. The predicted octanol–water partition coefficient (Wildman–Crippen LogP) is 5.24. The molecule has 24 heavy (non-hydrogen) atoms. The molecule has 1 aliphatic heterocycles. The molecule has 2 unspecified atom stereocenters. The number of nitrogens with one attached hydrogen (secondary N) is 1. The normalized spacial score (nSPS) is 19.8. The molecule has 2 aromatic heterocycles. The van der Waals surface area contributed by atoms with Crippen LogP contribution >= 0.6 is 11.3 Å². The van der Waals surface area contributed by atoms with Crippen molar-refractivity contribution in [1.82, 2.24) is 9.55 Å². The number of benzene rings is 2. The zero-order chi connectivity index (χ0) is 15.9. The smallest absolute Gasteiger partial charge is 0.204 e. The van der Waals surface area contributed by atoms with E-state index in [2.05, 4.69) is 82.0 Å². The van der Waals surface area contributed by atoms with Crippen molar-refractivity contribution in [2.45, 2.75) is 18.5 Å². The lowest BCUT2D eigenvalue weighted by atomic mass is 9.96. The molecule has 1 N–H and O–H groups in total. The maximum absolute atomic E-state index is 4.85. The van der Waals surface area contributed by atoms with Crippen LogP contribution in [-0.4, -0.2) is 9.55 Å². The summed E-state index contributed by atoms with van der Waals surface area (Å²) >= 11 is 1.81. The fourth-order valence-electron chi connectivity index (χ4n) is 3.64. The van der Waals surface area contributed by atoms with E-state index in [1.165, 1.54) is 16.0 Å². The molecule has 0 spiro atoms. The van der Waals surface area contributed by atoms with Crippen LogP contribution in [0, 0.1) is 0 Å². The van der Waals surface area contributed by atoms with E-state index >= 15 is 0 Å². The maximum atomic E-state index is 4.85. The molecule has 2 atom stereocenters. The van der Waals surface area contributed by atoms with Gasteiger partial charge in [0.2, 0.25) is 5.95 Å². The first-order valence-electron chi connectivity index (χ1n) is 8.22. The molecular weight excluding hydrogens is 314 g/mol. The molecular formula is C20H17N3S. The van der Waals surface area contributed by atoms with Gasteiger partial charge < -0.3 is 9.88 Å². The zero-order valence-electron chi connectivity index (χ0n) is 13.1. The van der Waals surface area contributed by atoms with Gasteiger partial charge in [-0.2, -0.15) is 0 Å². The molecule has 4 aromatic rings. The van der Waals surface area contributed by atoms with Crippen molar-refractivity contribution in [2.24, 2.45) is 0 Å². The second-order valence-electron chi connectivity index (χ2n) is 6.17. The summed E-state index contributed by atoms with van der Waals surface area (Å²) in [7, 11) is 0. The number of para-hydroxylation sites is 2. The van der Waals surface area contributed by atoms with E-state index in [-0.39, 0.29) is 0 Å². The molecule has 0 amide bonds. The fourth-order valence-corrected chi connectivity index (χ4v) is 4.43. The van der Waals surface area contributed by atoms with Gasteiger partial charge in [0, 0.05) is 4.88 Å². The van der Waals surface area contributed by atoms with E-state index in [0.717, 1.165) is 17.9 Å². The zero-order valence-corrected chi connectivity index (χ0v) is 13.9. The summed E-state index contributed by atoms with van der Waals surface area (Å²) in [5.74, 6) is 0.967. The molecule has 3 nitrogen and oxygen atoms in total. The highest BCUT2D eigenvalue weighted by atomic mass is 32.1. The van der Waals surface area contributed by atoms with Crippen molar-refractivity contribution >= 4 is 28.3 Å². The molecule has 0 bridgehead atoms. The number of hydrogen-bond acceptors (Lipinski definition) is 3. The largest absolute Gasteiger partial charge is 0.348 e. The van der Waals surface area contributed by atoms with E-state index in [1.54, 1.807) is 0 Å². The van der Waals surface area contributed by atoms with Crippen molar-refractivity contribution in [3.63, 3.8) is 0 Å². The lowest BCUT2D eigenvalue weighted by molar-refractivity contribution is 0.481. The fraction of sp³-hybridized carbons (Fsp3) is 0.150. The van der Waals surface area contributed by atoms with E-state index in [9.17, 15) is 0 Å². The van der Waals surface area contributed by atoms with Gasteiger partial charge in [-0.05, 0) is 35.6 Å². The Bertz CT molecular complexity index is 973. The van der Waals surface area contributed by atoms with Crippen LogP contribution in [0.25, 0.3) is 11.0 Å². The van der Waals surface area contributed by atoms with Crippen LogP contribution in [-0.2, 0) is 0 Å². The van der Waals surface area contributed by atoms with Crippen molar-refractivity contribution in [2.75, 3.05) is 5.32 Å². The SMILES string of the molecule is c1ccc(C2CC(c3cccs3)Nc3nc4ccccc4n32)cc1. The van der Waals surface area contributed by atoms with E-state index < -0.39 is 0 Å². The Kier molecular flexibility index (Phi) is 3.16. The Balaban J connectivity index is 1.70. The minimum atomic E-state index is 0.293. The number of anilines is 1. The molecule has 3 heterocycles. The quantitative estimate of drug-likeness (QED) is 0.544. The number of thiophene rings is 1. The van der Waals surface area contributed by atoms with Gasteiger partial charge in [-0.3, -0.25) is 0 Å².